The van der Waals surface area contributed by atoms with E-state index in [2.05, 4.69) is 5.10 Å². The number of aromatic nitrogens is 2. The first-order valence-electron chi connectivity index (χ1n) is 6.50. The van der Waals surface area contributed by atoms with E-state index in [0.29, 0.717) is 0 Å². The molecule has 1 unspecified atom stereocenters. The van der Waals surface area contributed by atoms with Gasteiger partial charge < -0.3 is 5.11 Å². The Morgan fingerprint density at radius 3 is 2.88 bits per heavy atom. The molecule has 16 heavy (non-hydrogen) atoms. The number of aliphatic hydroxyl groups is 1. The van der Waals surface area contributed by atoms with E-state index in [1.807, 2.05) is 17.8 Å². The van der Waals surface area contributed by atoms with Gasteiger partial charge in [-0.3, -0.25) is 4.68 Å². The third-order valence-corrected chi connectivity index (χ3v) is 3.59. The maximum atomic E-state index is 9.70. The van der Waals surface area contributed by atoms with Crippen LogP contribution < -0.4 is 0 Å². The van der Waals surface area contributed by atoms with Crippen LogP contribution in [0.25, 0.3) is 0 Å². The predicted molar refractivity (Wildman–Crippen MR) is 64.1 cm³/mol. The molecule has 3 nitrogen and oxygen atoms in total. The second-order valence-corrected chi connectivity index (χ2v) is 4.92. The minimum Gasteiger partial charge on any atom is -0.388 e. The molecule has 1 aliphatic carbocycles. The molecule has 1 aromatic rings. The Labute approximate surface area is 97.5 Å². The van der Waals surface area contributed by atoms with Crippen molar-refractivity contribution in [3.8, 4) is 0 Å². The van der Waals surface area contributed by atoms with Crippen LogP contribution in [0.1, 0.15) is 57.1 Å². The fourth-order valence-electron chi connectivity index (χ4n) is 2.52. The summed E-state index contributed by atoms with van der Waals surface area (Å²) in [7, 11) is 0. The zero-order valence-electron chi connectivity index (χ0n) is 10.1. The summed E-state index contributed by atoms with van der Waals surface area (Å²) >= 11 is 0. The van der Waals surface area contributed by atoms with Gasteiger partial charge in [0.05, 0.1) is 12.3 Å². The topological polar surface area (TPSA) is 38.1 Å². The number of aliphatic hydroxyl groups excluding tert-OH is 1. The molecule has 0 aliphatic heterocycles. The molecule has 1 aliphatic rings. The SMILES string of the molecule is CCC(O)c1cnn(CC2CCCCC2)c1. The van der Waals surface area contributed by atoms with Crippen LogP contribution in [0.2, 0.25) is 0 Å². The van der Waals surface area contributed by atoms with Crippen molar-refractivity contribution in [2.75, 3.05) is 0 Å². The van der Waals surface area contributed by atoms with E-state index in [1.165, 1.54) is 32.1 Å². The highest BCUT2D eigenvalue weighted by Crippen LogP contribution is 2.25. The van der Waals surface area contributed by atoms with Gasteiger partial charge in [0.1, 0.15) is 0 Å². The molecular formula is C13H22N2O. The maximum absolute atomic E-state index is 9.70. The second kappa shape index (κ2) is 5.48. The first-order chi connectivity index (χ1) is 7.79. The Morgan fingerprint density at radius 1 is 1.44 bits per heavy atom. The van der Waals surface area contributed by atoms with Crippen LogP contribution in [-0.4, -0.2) is 14.9 Å². The molecule has 1 aromatic heterocycles. The van der Waals surface area contributed by atoms with Gasteiger partial charge in [-0.2, -0.15) is 5.10 Å². The molecule has 0 saturated heterocycles. The lowest BCUT2D eigenvalue weighted by Gasteiger charge is -2.21. The Balaban J connectivity index is 1.91. The van der Waals surface area contributed by atoms with Crippen LogP contribution in [0.15, 0.2) is 12.4 Å². The summed E-state index contributed by atoms with van der Waals surface area (Å²) < 4.78 is 2.00. The summed E-state index contributed by atoms with van der Waals surface area (Å²) in [5, 5.41) is 14.0. The third-order valence-electron chi connectivity index (χ3n) is 3.59. The molecule has 90 valence electrons. The Morgan fingerprint density at radius 2 is 2.19 bits per heavy atom. The number of hydrogen-bond acceptors (Lipinski definition) is 2. The van der Waals surface area contributed by atoms with Crippen molar-refractivity contribution in [3.05, 3.63) is 18.0 Å². The van der Waals surface area contributed by atoms with Gasteiger partial charge in [-0.05, 0) is 25.2 Å². The van der Waals surface area contributed by atoms with Gasteiger partial charge in [-0.1, -0.05) is 26.2 Å². The summed E-state index contributed by atoms with van der Waals surface area (Å²) in [5.41, 5.74) is 0.957. The lowest BCUT2D eigenvalue weighted by molar-refractivity contribution is 0.173. The van der Waals surface area contributed by atoms with Gasteiger partial charge in [-0.15, -0.1) is 0 Å². The van der Waals surface area contributed by atoms with Crippen LogP contribution in [0, 0.1) is 5.92 Å². The summed E-state index contributed by atoms with van der Waals surface area (Å²) in [6.07, 6.45) is 11.0. The summed E-state index contributed by atoms with van der Waals surface area (Å²) in [4.78, 5) is 0. The van der Waals surface area contributed by atoms with E-state index in [9.17, 15) is 5.11 Å². The smallest absolute Gasteiger partial charge is 0.0817 e. The molecule has 2 rings (SSSR count). The van der Waals surface area contributed by atoms with Crippen molar-refractivity contribution in [1.29, 1.82) is 0 Å². The molecule has 0 radical (unpaired) electrons. The minimum atomic E-state index is -0.347. The zero-order chi connectivity index (χ0) is 11.4. The van der Waals surface area contributed by atoms with Gasteiger partial charge in [0.2, 0.25) is 0 Å². The fraction of sp³-hybridized carbons (Fsp3) is 0.769. The standard InChI is InChI=1S/C13H22N2O/c1-2-13(16)12-8-14-15(10-12)9-11-6-4-3-5-7-11/h8,10-11,13,16H,2-7,9H2,1H3. The van der Waals surface area contributed by atoms with E-state index in [1.54, 1.807) is 6.20 Å². The van der Waals surface area contributed by atoms with E-state index in [-0.39, 0.29) is 6.10 Å². The zero-order valence-corrected chi connectivity index (χ0v) is 10.1. The average molecular weight is 222 g/mol. The molecule has 0 amide bonds. The van der Waals surface area contributed by atoms with E-state index < -0.39 is 0 Å². The lowest BCUT2D eigenvalue weighted by Crippen LogP contribution is -2.14. The van der Waals surface area contributed by atoms with E-state index in [4.69, 9.17) is 0 Å². The number of nitrogens with zero attached hydrogens (tertiary/aromatic N) is 2. The highest BCUT2D eigenvalue weighted by molar-refractivity contribution is 5.07. The normalized spacial score (nSPS) is 19.9. The average Bonchev–Trinajstić information content (AvgIpc) is 2.78. The van der Waals surface area contributed by atoms with E-state index in [0.717, 1.165) is 24.4 Å². The highest BCUT2D eigenvalue weighted by atomic mass is 16.3. The van der Waals surface area contributed by atoms with Gasteiger partial charge in [0, 0.05) is 18.3 Å². The van der Waals surface area contributed by atoms with Crippen LogP contribution in [0.5, 0.6) is 0 Å². The predicted octanol–water partition coefficient (Wildman–Crippen LogP) is 2.91. The quantitative estimate of drug-likeness (QED) is 0.850. The Kier molecular flexibility index (Phi) is 3.99. The van der Waals surface area contributed by atoms with Gasteiger partial charge in [0.25, 0.3) is 0 Å². The number of hydrogen-bond donors (Lipinski definition) is 1. The molecule has 0 spiro atoms. The molecular weight excluding hydrogens is 200 g/mol. The Hall–Kier alpha value is -0.830. The van der Waals surface area contributed by atoms with Crippen molar-refractivity contribution in [3.63, 3.8) is 0 Å². The van der Waals surface area contributed by atoms with Crippen LogP contribution in [0.3, 0.4) is 0 Å². The van der Waals surface area contributed by atoms with Crippen LogP contribution >= 0.6 is 0 Å². The summed E-state index contributed by atoms with van der Waals surface area (Å²) in [6, 6.07) is 0. The molecule has 1 atom stereocenters. The summed E-state index contributed by atoms with van der Waals surface area (Å²) in [5.74, 6) is 0.792. The van der Waals surface area contributed by atoms with Crippen LogP contribution in [0.4, 0.5) is 0 Å². The van der Waals surface area contributed by atoms with Gasteiger partial charge in [-0.25, -0.2) is 0 Å². The maximum Gasteiger partial charge on any atom is 0.0817 e. The second-order valence-electron chi connectivity index (χ2n) is 4.92. The monoisotopic (exact) mass is 222 g/mol. The Bertz CT molecular complexity index is 315. The molecule has 1 fully saturated rings. The van der Waals surface area contributed by atoms with Gasteiger partial charge in [0.15, 0.2) is 0 Å². The molecule has 3 heteroatoms. The largest absolute Gasteiger partial charge is 0.388 e. The van der Waals surface area contributed by atoms with Crippen molar-refractivity contribution < 1.29 is 5.11 Å². The number of rotatable bonds is 4. The molecule has 1 N–H and O–H groups in total. The fourth-order valence-corrected chi connectivity index (χ4v) is 2.52. The van der Waals surface area contributed by atoms with Crippen molar-refractivity contribution >= 4 is 0 Å². The van der Waals surface area contributed by atoms with Crippen molar-refractivity contribution in [2.45, 2.75) is 58.1 Å². The van der Waals surface area contributed by atoms with Crippen LogP contribution in [-0.2, 0) is 6.54 Å². The van der Waals surface area contributed by atoms with Crippen molar-refractivity contribution in [2.24, 2.45) is 5.92 Å². The van der Waals surface area contributed by atoms with E-state index >= 15 is 0 Å². The van der Waals surface area contributed by atoms with Crippen molar-refractivity contribution in [1.82, 2.24) is 9.78 Å². The third kappa shape index (κ3) is 2.85. The summed E-state index contributed by atoms with van der Waals surface area (Å²) in [6.45, 7) is 3.01. The minimum absolute atomic E-state index is 0.347. The first kappa shape index (κ1) is 11.6. The highest BCUT2D eigenvalue weighted by Gasteiger charge is 2.15. The molecule has 0 aromatic carbocycles. The molecule has 1 heterocycles. The lowest BCUT2D eigenvalue weighted by atomic mass is 9.89. The molecule has 1 saturated carbocycles. The molecule has 0 bridgehead atoms. The van der Waals surface area contributed by atoms with Gasteiger partial charge >= 0.3 is 0 Å². The first-order valence-corrected chi connectivity index (χ1v) is 6.50.